The van der Waals surface area contributed by atoms with E-state index in [1.165, 1.54) is 0 Å². The molecule has 0 saturated heterocycles. The highest BCUT2D eigenvalue weighted by atomic mass is 127. The van der Waals surface area contributed by atoms with Crippen molar-refractivity contribution in [1.29, 1.82) is 0 Å². The van der Waals surface area contributed by atoms with Gasteiger partial charge in [-0.2, -0.15) is 0 Å². The van der Waals surface area contributed by atoms with Gasteiger partial charge in [-0.05, 0) is 0 Å². The minimum atomic E-state index is -0.490. The number of carbonyl (C=O) groups is 1. The number of aliphatic hydroxyl groups is 1. The molecule has 0 aromatic carbocycles. The predicted octanol–water partition coefficient (Wildman–Crippen LogP) is 0.512. The maximum atomic E-state index is 10.5. The first-order valence-corrected chi connectivity index (χ1v) is 4.27. The number of alkyl halides is 1. The number of halogens is 1. The number of esters is 1. The molecule has 4 heteroatoms. The summed E-state index contributed by atoms with van der Waals surface area (Å²) in [5.41, 5.74) is 0. The summed E-state index contributed by atoms with van der Waals surface area (Å²) in [4.78, 5) is 10.5. The Kier molecular flexibility index (Phi) is 5.61. The molecule has 0 aromatic rings. The van der Waals surface area contributed by atoms with Gasteiger partial charge in [0.05, 0.1) is 6.61 Å². The molecule has 0 heterocycles. The summed E-state index contributed by atoms with van der Waals surface area (Å²) in [6, 6.07) is 0. The molecule has 0 saturated carbocycles. The number of hydrogen-bond donors (Lipinski definition) is 1. The fraction of sp³-hybridized carbons (Fsp3) is 0.500. The molecule has 0 radical (unpaired) electrons. The number of rotatable bonds is 4. The second kappa shape index (κ2) is 5.67. The normalized spacial score (nSPS) is 12.2. The van der Waals surface area contributed by atoms with Crippen molar-refractivity contribution in [2.24, 2.45) is 0 Å². The van der Waals surface area contributed by atoms with Gasteiger partial charge in [0.25, 0.3) is 0 Å². The van der Waals surface area contributed by atoms with Crippen LogP contribution in [0.1, 0.15) is 0 Å². The second-order valence-electron chi connectivity index (χ2n) is 1.60. The first-order chi connectivity index (χ1) is 4.74. The Hall–Kier alpha value is -0.100. The van der Waals surface area contributed by atoms with Gasteiger partial charge < -0.3 is 9.84 Å². The molecule has 10 heavy (non-hydrogen) atoms. The van der Waals surface area contributed by atoms with Gasteiger partial charge in [0.1, 0.15) is 6.10 Å². The third kappa shape index (κ3) is 3.84. The molecule has 0 fully saturated rings. The van der Waals surface area contributed by atoms with Crippen molar-refractivity contribution in [3.8, 4) is 0 Å². The van der Waals surface area contributed by atoms with E-state index in [2.05, 4.69) is 11.3 Å². The third-order valence-corrected chi connectivity index (χ3v) is 1.81. The van der Waals surface area contributed by atoms with Crippen molar-refractivity contribution in [2.75, 3.05) is 11.0 Å². The summed E-state index contributed by atoms with van der Waals surface area (Å²) in [5.74, 6) is -0.490. The van der Waals surface area contributed by atoms with Crippen molar-refractivity contribution in [3.05, 3.63) is 12.7 Å². The summed E-state index contributed by atoms with van der Waals surface area (Å²) in [7, 11) is 0. The third-order valence-electron chi connectivity index (χ3n) is 0.825. The van der Waals surface area contributed by atoms with Gasteiger partial charge in [0.2, 0.25) is 0 Å². The smallest absolute Gasteiger partial charge is 0.330 e. The second-order valence-corrected chi connectivity index (χ2v) is 2.48. The van der Waals surface area contributed by atoms with Crippen LogP contribution in [-0.2, 0) is 9.53 Å². The summed E-state index contributed by atoms with van der Waals surface area (Å²) in [5, 5.41) is 8.55. The molecule has 0 amide bonds. The molecule has 0 aliphatic rings. The van der Waals surface area contributed by atoms with Crippen LogP contribution in [-0.4, -0.2) is 28.2 Å². The van der Waals surface area contributed by atoms with Crippen LogP contribution in [0.4, 0.5) is 0 Å². The van der Waals surface area contributed by atoms with Crippen molar-refractivity contribution < 1.29 is 14.6 Å². The van der Waals surface area contributed by atoms with Gasteiger partial charge in [-0.15, -0.1) is 0 Å². The molecule has 1 N–H and O–H groups in total. The van der Waals surface area contributed by atoms with Crippen LogP contribution in [0, 0.1) is 0 Å². The molecular weight excluding hydrogens is 247 g/mol. The van der Waals surface area contributed by atoms with Crippen molar-refractivity contribution in [2.45, 2.75) is 6.10 Å². The van der Waals surface area contributed by atoms with Crippen molar-refractivity contribution in [3.63, 3.8) is 0 Å². The van der Waals surface area contributed by atoms with Gasteiger partial charge in [-0.3, -0.25) is 0 Å². The summed E-state index contributed by atoms with van der Waals surface area (Å²) in [6.07, 6.45) is 0.681. The van der Waals surface area contributed by atoms with Crippen LogP contribution in [0.2, 0.25) is 0 Å². The first kappa shape index (κ1) is 9.90. The van der Waals surface area contributed by atoms with Crippen LogP contribution >= 0.6 is 22.6 Å². The topological polar surface area (TPSA) is 46.5 Å². The average Bonchev–Trinajstić information content (AvgIpc) is 1.99. The molecule has 1 unspecified atom stereocenters. The zero-order valence-corrected chi connectivity index (χ0v) is 7.58. The van der Waals surface area contributed by atoms with Gasteiger partial charge in [-0.25, -0.2) is 4.79 Å². The zero-order valence-electron chi connectivity index (χ0n) is 5.42. The van der Waals surface area contributed by atoms with Gasteiger partial charge in [0.15, 0.2) is 0 Å². The Morgan fingerprint density at radius 2 is 2.50 bits per heavy atom. The fourth-order valence-corrected chi connectivity index (χ4v) is 0.788. The highest BCUT2D eigenvalue weighted by molar-refractivity contribution is 14.1. The lowest BCUT2D eigenvalue weighted by molar-refractivity contribution is -0.143. The van der Waals surface area contributed by atoms with E-state index in [9.17, 15) is 4.79 Å². The lowest BCUT2D eigenvalue weighted by Crippen LogP contribution is -2.21. The van der Waals surface area contributed by atoms with E-state index in [4.69, 9.17) is 5.11 Å². The standard InChI is InChI=1S/C6H9IO3/c1-2-6(9)10-5(3-7)4-8/h2,5,8H,1,3-4H2. The van der Waals surface area contributed by atoms with E-state index in [0.717, 1.165) is 6.08 Å². The molecule has 1 atom stereocenters. The molecule has 0 spiro atoms. The molecule has 0 bridgehead atoms. The molecule has 0 aliphatic carbocycles. The molecule has 3 nitrogen and oxygen atoms in total. The van der Waals surface area contributed by atoms with E-state index < -0.39 is 12.1 Å². The number of ether oxygens (including phenoxy) is 1. The van der Waals surface area contributed by atoms with Gasteiger partial charge >= 0.3 is 5.97 Å². The van der Waals surface area contributed by atoms with E-state index >= 15 is 0 Å². The number of carbonyl (C=O) groups excluding carboxylic acids is 1. The highest BCUT2D eigenvalue weighted by Crippen LogP contribution is 1.97. The van der Waals surface area contributed by atoms with E-state index in [1.807, 2.05) is 22.6 Å². The Morgan fingerprint density at radius 1 is 1.90 bits per heavy atom. The predicted molar refractivity (Wildman–Crippen MR) is 46.0 cm³/mol. The van der Waals surface area contributed by atoms with Crippen molar-refractivity contribution >= 4 is 28.6 Å². The Labute approximate surface area is 73.2 Å². The Morgan fingerprint density at radius 3 is 2.80 bits per heavy atom. The summed E-state index contributed by atoms with van der Waals surface area (Å²) in [6.45, 7) is 3.09. The quantitative estimate of drug-likeness (QED) is 0.345. The fourth-order valence-electron chi connectivity index (χ4n) is 0.330. The van der Waals surface area contributed by atoms with E-state index in [-0.39, 0.29) is 6.61 Å². The highest BCUT2D eigenvalue weighted by Gasteiger charge is 2.07. The number of aliphatic hydroxyl groups excluding tert-OH is 1. The van der Waals surface area contributed by atoms with Gasteiger partial charge in [-0.1, -0.05) is 29.2 Å². The van der Waals surface area contributed by atoms with Crippen LogP contribution in [0.3, 0.4) is 0 Å². The van der Waals surface area contributed by atoms with E-state index in [1.54, 1.807) is 0 Å². The van der Waals surface area contributed by atoms with Crippen LogP contribution < -0.4 is 0 Å². The Bertz CT molecular complexity index is 120. The maximum absolute atomic E-state index is 10.5. The molecular formula is C6H9IO3. The zero-order chi connectivity index (χ0) is 7.98. The van der Waals surface area contributed by atoms with Crippen LogP contribution in [0.5, 0.6) is 0 Å². The summed E-state index contributed by atoms with van der Waals surface area (Å²) < 4.78 is 5.27. The molecule has 58 valence electrons. The minimum Gasteiger partial charge on any atom is -0.456 e. The molecule has 0 aromatic heterocycles. The Balaban J connectivity index is 3.62. The summed E-state index contributed by atoms with van der Waals surface area (Å²) >= 11 is 2.03. The van der Waals surface area contributed by atoms with Crippen LogP contribution in [0.15, 0.2) is 12.7 Å². The monoisotopic (exact) mass is 256 g/mol. The van der Waals surface area contributed by atoms with Gasteiger partial charge in [0, 0.05) is 10.5 Å². The SMILES string of the molecule is C=CC(=O)OC(CO)CI. The first-order valence-electron chi connectivity index (χ1n) is 2.74. The minimum absolute atomic E-state index is 0.136. The van der Waals surface area contributed by atoms with E-state index in [0.29, 0.717) is 4.43 Å². The number of hydrogen-bond acceptors (Lipinski definition) is 3. The molecule has 0 rings (SSSR count). The van der Waals surface area contributed by atoms with Crippen molar-refractivity contribution in [1.82, 2.24) is 0 Å². The van der Waals surface area contributed by atoms with Crippen LogP contribution in [0.25, 0.3) is 0 Å². The largest absolute Gasteiger partial charge is 0.456 e. The molecule has 0 aliphatic heterocycles. The average molecular weight is 256 g/mol. The lowest BCUT2D eigenvalue weighted by atomic mass is 10.4. The maximum Gasteiger partial charge on any atom is 0.330 e. The lowest BCUT2D eigenvalue weighted by Gasteiger charge is -2.09.